The fourth-order valence-corrected chi connectivity index (χ4v) is 3.96. The lowest BCUT2D eigenvalue weighted by molar-refractivity contribution is -0.129. The summed E-state index contributed by atoms with van der Waals surface area (Å²) in [6.07, 6.45) is 10.1. The number of carbonyl (C=O) groups is 1. The minimum atomic E-state index is 0.248. The Morgan fingerprint density at radius 1 is 1.43 bits per heavy atom. The fourth-order valence-electron chi connectivity index (χ4n) is 3.96. The van der Waals surface area contributed by atoms with Gasteiger partial charge in [0.1, 0.15) is 0 Å². The van der Waals surface area contributed by atoms with E-state index in [1.165, 1.54) is 12.8 Å². The molecule has 0 aromatic rings. The highest BCUT2D eigenvalue weighted by Gasteiger charge is 2.43. The number of ether oxygens (including phenoxy) is 2. The van der Waals surface area contributed by atoms with Crippen LogP contribution in [0.4, 0.5) is 0 Å². The zero-order valence-corrected chi connectivity index (χ0v) is 13.1. The van der Waals surface area contributed by atoms with Crippen molar-refractivity contribution in [2.24, 2.45) is 5.41 Å². The van der Waals surface area contributed by atoms with Crippen LogP contribution in [0.3, 0.4) is 0 Å². The summed E-state index contributed by atoms with van der Waals surface area (Å²) in [7, 11) is 1.73. The third-order valence-electron chi connectivity index (χ3n) is 5.32. The van der Waals surface area contributed by atoms with Crippen LogP contribution in [0.25, 0.3) is 0 Å². The molecule has 1 spiro atoms. The summed E-state index contributed by atoms with van der Waals surface area (Å²) in [5.41, 5.74) is 1.35. The number of hydrogen-bond donors (Lipinski definition) is 0. The van der Waals surface area contributed by atoms with E-state index >= 15 is 0 Å². The predicted molar refractivity (Wildman–Crippen MR) is 81.0 cm³/mol. The molecule has 118 valence electrons. The first-order valence-corrected chi connectivity index (χ1v) is 8.31. The monoisotopic (exact) mass is 293 g/mol. The lowest BCUT2D eigenvalue weighted by Gasteiger charge is -2.39. The van der Waals surface area contributed by atoms with Gasteiger partial charge in [0.2, 0.25) is 5.91 Å². The van der Waals surface area contributed by atoms with E-state index in [1.807, 2.05) is 0 Å². The van der Waals surface area contributed by atoms with Crippen LogP contribution < -0.4 is 0 Å². The van der Waals surface area contributed by atoms with E-state index in [9.17, 15) is 4.79 Å². The smallest absolute Gasteiger partial charge is 0.249 e. The molecule has 2 saturated heterocycles. The molecular formula is C17H27NO3. The molecule has 3 rings (SSSR count). The summed E-state index contributed by atoms with van der Waals surface area (Å²) in [4.78, 5) is 14.6. The SMILES string of the molecule is COC[C@H]1CC2(CCN(C(=O)C3=CCCCC3)CC2)CO1. The first-order valence-electron chi connectivity index (χ1n) is 8.31. The summed E-state index contributed by atoms with van der Waals surface area (Å²) < 4.78 is 11.1. The van der Waals surface area contributed by atoms with Gasteiger partial charge >= 0.3 is 0 Å². The highest BCUT2D eigenvalue weighted by Crippen LogP contribution is 2.42. The molecule has 0 aromatic heterocycles. The number of rotatable bonds is 3. The number of piperidine rings is 1. The molecule has 0 bridgehead atoms. The molecule has 21 heavy (non-hydrogen) atoms. The van der Waals surface area contributed by atoms with Crippen molar-refractivity contribution in [1.29, 1.82) is 0 Å². The molecule has 2 fully saturated rings. The van der Waals surface area contributed by atoms with Gasteiger partial charge < -0.3 is 14.4 Å². The van der Waals surface area contributed by atoms with Crippen molar-refractivity contribution in [3.8, 4) is 0 Å². The van der Waals surface area contributed by atoms with E-state index in [2.05, 4.69) is 11.0 Å². The highest BCUT2D eigenvalue weighted by atomic mass is 16.5. The van der Waals surface area contributed by atoms with E-state index in [1.54, 1.807) is 7.11 Å². The lowest BCUT2D eigenvalue weighted by Crippen LogP contribution is -2.44. The number of amides is 1. The molecule has 0 radical (unpaired) electrons. The Labute approximate surface area is 127 Å². The van der Waals surface area contributed by atoms with Gasteiger partial charge in [-0.3, -0.25) is 4.79 Å². The number of allylic oxidation sites excluding steroid dienone is 1. The van der Waals surface area contributed by atoms with Gasteiger partial charge in [0.05, 0.1) is 19.3 Å². The molecule has 2 heterocycles. The van der Waals surface area contributed by atoms with Crippen molar-refractivity contribution in [2.75, 3.05) is 33.4 Å². The average Bonchev–Trinajstić information content (AvgIpc) is 2.91. The summed E-state index contributed by atoms with van der Waals surface area (Å²) in [5.74, 6) is 0.289. The average molecular weight is 293 g/mol. The standard InChI is InChI=1S/C17H27NO3/c1-20-12-15-11-17(13-21-15)7-9-18(10-8-17)16(19)14-5-3-2-4-6-14/h5,15H,2-4,6-13H2,1H3/t15-/m1/s1. The Hall–Kier alpha value is -0.870. The molecule has 0 unspecified atom stereocenters. The van der Waals surface area contributed by atoms with Crippen LogP contribution in [0.15, 0.2) is 11.6 Å². The van der Waals surface area contributed by atoms with E-state index < -0.39 is 0 Å². The van der Waals surface area contributed by atoms with Gasteiger partial charge in [-0.15, -0.1) is 0 Å². The van der Waals surface area contributed by atoms with Crippen LogP contribution in [0.1, 0.15) is 44.9 Å². The minimum absolute atomic E-state index is 0.248. The second-order valence-electron chi connectivity index (χ2n) is 6.86. The Morgan fingerprint density at radius 2 is 2.24 bits per heavy atom. The zero-order valence-electron chi connectivity index (χ0n) is 13.1. The quantitative estimate of drug-likeness (QED) is 0.802. The number of carbonyl (C=O) groups excluding carboxylic acids is 1. The maximum absolute atomic E-state index is 12.5. The van der Waals surface area contributed by atoms with E-state index in [0.717, 1.165) is 57.4 Å². The van der Waals surface area contributed by atoms with Gasteiger partial charge in [0, 0.05) is 25.8 Å². The van der Waals surface area contributed by atoms with Gasteiger partial charge in [-0.25, -0.2) is 0 Å². The molecular weight excluding hydrogens is 266 g/mol. The molecule has 1 atom stereocenters. The van der Waals surface area contributed by atoms with Crippen LogP contribution >= 0.6 is 0 Å². The van der Waals surface area contributed by atoms with Crippen molar-refractivity contribution in [2.45, 2.75) is 51.0 Å². The maximum atomic E-state index is 12.5. The number of hydrogen-bond acceptors (Lipinski definition) is 3. The van der Waals surface area contributed by atoms with E-state index in [0.29, 0.717) is 12.0 Å². The predicted octanol–water partition coefficient (Wildman–Crippen LogP) is 2.53. The van der Waals surface area contributed by atoms with Crippen molar-refractivity contribution in [3.05, 3.63) is 11.6 Å². The highest BCUT2D eigenvalue weighted by molar-refractivity contribution is 5.93. The number of likely N-dealkylation sites (tertiary alicyclic amines) is 1. The number of nitrogens with zero attached hydrogens (tertiary/aromatic N) is 1. The van der Waals surface area contributed by atoms with Gasteiger partial charge in [-0.05, 0) is 50.4 Å². The second kappa shape index (κ2) is 6.49. The van der Waals surface area contributed by atoms with Crippen LogP contribution in [0, 0.1) is 5.41 Å². The van der Waals surface area contributed by atoms with Crippen molar-refractivity contribution in [1.82, 2.24) is 4.90 Å². The Kier molecular flexibility index (Phi) is 4.65. The summed E-state index contributed by atoms with van der Waals surface area (Å²) >= 11 is 0. The van der Waals surface area contributed by atoms with Gasteiger partial charge in [-0.2, -0.15) is 0 Å². The molecule has 0 saturated carbocycles. The maximum Gasteiger partial charge on any atom is 0.249 e. The van der Waals surface area contributed by atoms with Gasteiger partial charge in [-0.1, -0.05) is 6.08 Å². The molecule has 4 heteroatoms. The van der Waals surface area contributed by atoms with E-state index in [4.69, 9.17) is 9.47 Å². The molecule has 0 aromatic carbocycles. The van der Waals surface area contributed by atoms with Crippen molar-refractivity contribution in [3.63, 3.8) is 0 Å². The fraction of sp³-hybridized carbons (Fsp3) is 0.824. The van der Waals surface area contributed by atoms with E-state index in [-0.39, 0.29) is 12.0 Å². The normalized spacial score (nSPS) is 28.7. The number of methoxy groups -OCH3 is 1. The first kappa shape index (κ1) is 15.0. The van der Waals surface area contributed by atoms with Crippen LogP contribution in [0.2, 0.25) is 0 Å². The van der Waals surface area contributed by atoms with Crippen molar-refractivity contribution >= 4 is 5.91 Å². The topological polar surface area (TPSA) is 38.8 Å². The molecule has 1 aliphatic carbocycles. The van der Waals surface area contributed by atoms with Crippen LogP contribution in [-0.4, -0.2) is 50.3 Å². The van der Waals surface area contributed by atoms with Crippen LogP contribution in [-0.2, 0) is 14.3 Å². The minimum Gasteiger partial charge on any atom is -0.382 e. The zero-order chi connectivity index (χ0) is 14.7. The van der Waals surface area contributed by atoms with Gasteiger partial charge in [0.25, 0.3) is 0 Å². The Balaban J connectivity index is 1.53. The molecule has 4 nitrogen and oxygen atoms in total. The second-order valence-corrected chi connectivity index (χ2v) is 6.86. The summed E-state index contributed by atoms with van der Waals surface area (Å²) in [5, 5.41) is 0. The largest absolute Gasteiger partial charge is 0.382 e. The first-order chi connectivity index (χ1) is 10.2. The summed E-state index contributed by atoms with van der Waals surface area (Å²) in [6.45, 7) is 3.31. The molecule has 1 amide bonds. The molecule has 2 aliphatic heterocycles. The Bertz CT molecular complexity index is 410. The Morgan fingerprint density at radius 3 is 2.90 bits per heavy atom. The van der Waals surface area contributed by atoms with Gasteiger partial charge in [0.15, 0.2) is 0 Å². The summed E-state index contributed by atoms with van der Waals surface area (Å²) in [6, 6.07) is 0. The lowest BCUT2D eigenvalue weighted by atomic mass is 9.76. The third-order valence-corrected chi connectivity index (χ3v) is 5.32. The van der Waals surface area contributed by atoms with Crippen molar-refractivity contribution < 1.29 is 14.3 Å². The third kappa shape index (κ3) is 3.32. The molecule has 0 N–H and O–H groups in total. The van der Waals surface area contributed by atoms with Crippen LogP contribution in [0.5, 0.6) is 0 Å². The molecule has 3 aliphatic rings.